The Kier molecular flexibility index (Phi) is 2.64. The molecule has 0 aliphatic heterocycles. The van der Waals surface area contributed by atoms with Crippen molar-refractivity contribution in [3.05, 3.63) is 20.8 Å². The van der Waals surface area contributed by atoms with Gasteiger partial charge in [0.2, 0.25) is 0 Å². The number of carbonyl (C=O) groups excluding carboxylic acids is 1. The third-order valence-corrected chi connectivity index (χ3v) is 4.19. The number of rotatable bonds is 3. The molecule has 1 fully saturated rings. The number of thiophene rings is 1. The molecule has 14 heavy (non-hydrogen) atoms. The van der Waals surface area contributed by atoms with Gasteiger partial charge >= 0.3 is 0 Å². The zero-order valence-electron chi connectivity index (χ0n) is 7.42. The Morgan fingerprint density at radius 3 is 2.86 bits per heavy atom. The quantitative estimate of drug-likeness (QED) is 0.884. The first-order valence-electron chi connectivity index (χ1n) is 4.33. The van der Waals surface area contributed by atoms with Gasteiger partial charge in [-0.15, -0.1) is 11.3 Å². The van der Waals surface area contributed by atoms with Crippen molar-refractivity contribution in [3.8, 4) is 0 Å². The summed E-state index contributed by atoms with van der Waals surface area (Å²) in [5.74, 6) is -0.0987. The number of carbonyl (C=O) groups is 1. The van der Waals surface area contributed by atoms with E-state index >= 15 is 0 Å². The second kappa shape index (κ2) is 3.64. The Bertz CT molecular complexity index is 359. The molecule has 1 aromatic heterocycles. The summed E-state index contributed by atoms with van der Waals surface area (Å²) in [6.45, 7) is 0.0295. The van der Waals surface area contributed by atoms with Crippen molar-refractivity contribution in [1.29, 1.82) is 0 Å². The van der Waals surface area contributed by atoms with E-state index in [4.69, 9.17) is 5.11 Å². The number of nitrogens with one attached hydrogen (secondary N) is 1. The first-order valence-corrected chi connectivity index (χ1v) is 6.00. The van der Waals surface area contributed by atoms with Crippen LogP contribution >= 0.6 is 27.3 Å². The summed E-state index contributed by atoms with van der Waals surface area (Å²) >= 11 is 4.70. The number of hydrogen-bond donors (Lipinski definition) is 2. The summed E-state index contributed by atoms with van der Waals surface area (Å²) in [5, 5.41) is 13.8. The van der Waals surface area contributed by atoms with E-state index in [0.29, 0.717) is 4.88 Å². The summed E-state index contributed by atoms with van der Waals surface area (Å²) in [5.41, 5.74) is -0.333. The fraction of sp³-hybridized carbons (Fsp3) is 0.444. The Morgan fingerprint density at radius 1 is 1.71 bits per heavy atom. The Labute approximate surface area is 94.3 Å². The molecule has 2 N–H and O–H groups in total. The predicted octanol–water partition coefficient (Wildman–Crippen LogP) is 1.77. The minimum Gasteiger partial charge on any atom is -0.394 e. The molecule has 0 radical (unpaired) electrons. The van der Waals surface area contributed by atoms with E-state index in [1.54, 1.807) is 0 Å². The number of amides is 1. The molecular formula is C9H10BrNO2S. The van der Waals surface area contributed by atoms with Crippen LogP contribution < -0.4 is 5.32 Å². The second-order valence-corrected chi connectivity index (χ2v) is 5.26. The zero-order valence-corrected chi connectivity index (χ0v) is 9.82. The van der Waals surface area contributed by atoms with Crippen molar-refractivity contribution in [2.45, 2.75) is 18.4 Å². The molecule has 76 valence electrons. The first kappa shape index (κ1) is 10.1. The van der Waals surface area contributed by atoms with Crippen LogP contribution in [0.1, 0.15) is 22.5 Å². The summed E-state index contributed by atoms with van der Waals surface area (Å²) in [4.78, 5) is 12.4. The molecule has 0 bridgehead atoms. The largest absolute Gasteiger partial charge is 0.394 e. The van der Waals surface area contributed by atoms with Gasteiger partial charge in [-0.05, 0) is 40.2 Å². The van der Waals surface area contributed by atoms with Crippen LogP contribution in [0.3, 0.4) is 0 Å². The minimum atomic E-state index is -0.333. The maximum absolute atomic E-state index is 11.7. The van der Waals surface area contributed by atoms with Crippen LogP contribution in [0.25, 0.3) is 0 Å². The lowest BCUT2D eigenvalue weighted by molar-refractivity contribution is 0.0910. The van der Waals surface area contributed by atoms with Crippen LogP contribution in [0.5, 0.6) is 0 Å². The number of hydrogen-bond acceptors (Lipinski definition) is 3. The molecule has 0 atom stereocenters. The minimum absolute atomic E-state index is 0.0295. The highest BCUT2D eigenvalue weighted by molar-refractivity contribution is 9.10. The fourth-order valence-electron chi connectivity index (χ4n) is 1.23. The van der Waals surface area contributed by atoms with Crippen molar-refractivity contribution in [3.63, 3.8) is 0 Å². The van der Waals surface area contributed by atoms with Gasteiger partial charge in [0, 0.05) is 4.47 Å². The number of aliphatic hydroxyl groups is 1. The molecule has 0 spiro atoms. The van der Waals surface area contributed by atoms with Gasteiger partial charge in [0.25, 0.3) is 5.91 Å². The lowest BCUT2D eigenvalue weighted by Gasteiger charge is -2.13. The molecule has 0 unspecified atom stereocenters. The van der Waals surface area contributed by atoms with Crippen LogP contribution in [0.15, 0.2) is 15.9 Å². The lowest BCUT2D eigenvalue weighted by atomic mass is 10.3. The van der Waals surface area contributed by atoms with Crippen molar-refractivity contribution in [2.75, 3.05) is 6.61 Å². The zero-order chi connectivity index (χ0) is 10.2. The Hall–Kier alpha value is -0.390. The smallest absolute Gasteiger partial charge is 0.263 e. The lowest BCUT2D eigenvalue weighted by Crippen LogP contribution is -2.39. The molecule has 1 aliphatic rings. The van der Waals surface area contributed by atoms with Crippen molar-refractivity contribution >= 4 is 33.2 Å². The van der Waals surface area contributed by atoms with E-state index < -0.39 is 0 Å². The molecule has 0 saturated heterocycles. The van der Waals surface area contributed by atoms with Crippen LogP contribution in [0.2, 0.25) is 0 Å². The van der Waals surface area contributed by atoms with Gasteiger partial charge in [0.1, 0.15) is 4.88 Å². The molecule has 5 heteroatoms. The van der Waals surface area contributed by atoms with Gasteiger partial charge in [-0.25, -0.2) is 0 Å². The van der Waals surface area contributed by atoms with E-state index in [9.17, 15) is 4.79 Å². The molecule has 3 nitrogen and oxygen atoms in total. The second-order valence-electron chi connectivity index (χ2n) is 3.49. The summed E-state index contributed by atoms with van der Waals surface area (Å²) in [6.07, 6.45) is 1.75. The van der Waals surface area contributed by atoms with Gasteiger partial charge < -0.3 is 10.4 Å². The molecule has 1 heterocycles. The highest BCUT2D eigenvalue weighted by Gasteiger charge is 2.43. The van der Waals surface area contributed by atoms with Gasteiger partial charge in [-0.1, -0.05) is 0 Å². The third kappa shape index (κ3) is 1.85. The molecule has 0 aromatic carbocycles. The Morgan fingerprint density at radius 2 is 2.43 bits per heavy atom. The summed E-state index contributed by atoms with van der Waals surface area (Å²) in [6, 6.07) is 1.85. The first-order chi connectivity index (χ1) is 6.67. The van der Waals surface area contributed by atoms with Crippen molar-refractivity contribution in [1.82, 2.24) is 5.32 Å². The van der Waals surface area contributed by atoms with Crippen molar-refractivity contribution < 1.29 is 9.90 Å². The van der Waals surface area contributed by atoms with E-state index in [1.165, 1.54) is 11.3 Å². The van der Waals surface area contributed by atoms with E-state index in [-0.39, 0.29) is 18.1 Å². The number of aliphatic hydroxyl groups excluding tert-OH is 1. The van der Waals surface area contributed by atoms with Gasteiger partial charge in [0.15, 0.2) is 0 Å². The number of halogens is 1. The van der Waals surface area contributed by atoms with Gasteiger partial charge in [-0.3, -0.25) is 4.79 Å². The van der Waals surface area contributed by atoms with Crippen molar-refractivity contribution in [2.24, 2.45) is 0 Å². The third-order valence-electron chi connectivity index (χ3n) is 2.36. The van der Waals surface area contributed by atoms with Crippen LogP contribution in [-0.4, -0.2) is 23.2 Å². The van der Waals surface area contributed by atoms with Gasteiger partial charge in [0.05, 0.1) is 12.1 Å². The molecule has 2 rings (SSSR count). The molecule has 1 saturated carbocycles. The summed E-state index contributed by atoms with van der Waals surface area (Å²) < 4.78 is 0.814. The molecular weight excluding hydrogens is 266 g/mol. The topological polar surface area (TPSA) is 49.3 Å². The van der Waals surface area contributed by atoms with E-state index in [1.807, 2.05) is 11.4 Å². The molecule has 1 amide bonds. The average molecular weight is 276 g/mol. The standard InChI is InChI=1S/C9H10BrNO2S/c10-6-1-4-14-7(6)8(13)11-9(5-12)2-3-9/h1,4,12H,2-3,5H2,(H,11,13). The fourth-order valence-corrected chi connectivity index (χ4v) is 2.67. The normalized spacial score (nSPS) is 17.9. The van der Waals surface area contributed by atoms with E-state index in [0.717, 1.165) is 17.3 Å². The maximum atomic E-state index is 11.7. The van der Waals surface area contributed by atoms with Gasteiger partial charge in [-0.2, -0.15) is 0 Å². The highest BCUT2D eigenvalue weighted by atomic mass is 79.9. The van der Waals surface area contributed by atoms with Crippen LogP contribution in [0, 0.1) is 0 Å². The van der Waals surface area contributed by atoms with E-state index in [2.05, 4.69) is 21.2 Å². The SMILES string of the molecule is O=C(NC1(CO)CC1)c1sccc1Br. The molecule has 1 aromatic rings. The average Bonchev–Trinajstić information content (AvgIpc) is 2.80. The summed E-state index contributed by atoms with van der Waals surface area (Å²) in [7, 11) is 0. The monoisotopic (exact) mass is 275 g/mol. The van der Waals surface area contributed by atoms with Crippen LogP contribution in [-0.2, 0) is 0 Å². The van der Waals surface area contributed by atoms with Crippen LogP contribution in [0.4, 0.5) is 0 Å². The predicted molar refractivity (Wildman–Crippen MR) is 58.5 cm³/mol. The highest BCUT2D eigenvalue weighted by Crippen LogP contribution is 2.35. The molecule has 1 aliphatic carbocycles. The Balaban J connectivity index is 2.07. The maximum Gasteiger partial charge on any atom is 0.263 e.